The van der Waals surface area contributed by atoms with Gasteiger partial charge in [-0.2, -0.15) is 0 Å². The first kappa shape index (κ1) is 15.5. The Morgan fingerprint density at radius 1 is 1.24 bits per heavy atom. The van der Waals surface area contributed by atoms with Crippen LogP contribution in [0.4, 0.5) is 0 Å². The highest BCUT2D eigenvalue weighted by Crippen LogP contribution is 2.18. The molecule has 0 spiro atoms. The van der Waals surface area contributed by atoms with Crippen molar-refractivity contribution in [3.8, 4) is 5.88 Å². The summed E-state index contributed by atoms with van der Waals surface area (Å²) in [6, 6.07) is 13.1. The number of halogens is 1. The van der Waals surface area contributed by atoms with Crippen LogP contribution in [0.15, 0.2) is 46.9 Å². The molecule has 5 heteroatoms. The van der Waals surface area contributed by atoms with E-state index in [0.717, 1.165) is 15.7 Å². The van der Waals surface area contributed by atoms with Crippen molar-refractivity contribution in [3.63, 3.8) is 0 Å². The minimum Gasteiger partial charge on any atom is -0.481 e. The summed E-state index contributed by atoms with van der Waals surface area (Å²) in [4.78, 5) is 15.7. The highest BCUT2D eigenvalue weighted by atomic mass is 79.9. The predicted molar refractivity (Wildman–Crippen MR) is 83.5 cm³/mol. The molecular formula is C16H16BrNO3. The van der Waals surface area contributed by atoms with Gasteiger partial charge in [-0.15, -0.1) is 0 Å². The molecule has 1 aromatic carbocycles. The zero-order valence-electron chi connectivity index (χ0n) is 11.6. The summed E-state index contributed by atoms with van der Waals surface area (Å²) in [7, 11) is 1.54. The van der Waals surface area contributed by atoms with E-state index in [1.54, 1.807) is 13.2 Å². The van der Waals surface area contributed by atoms with Gasteiger partial charge in [0.1, 0.15) is 0 Å². The number of carboxylic acids is 1. The first-order valence-corrected chi connectivity index (χ1v) is 7.35. The Morgan fingerprint density at radius 3 is 2.57 bits per heavy atom. The lowest BCUT2D eigenvalue weighted by molar-refractivity contribution is -0.141. The van der Waals surface area contributed by atoms with E-state index in [4.69, 9.17) is 4.74 Å². The molecule has 1 unspecified atom stereocenters. The number of methoxy groups -OCH3 is 1. The molecular weight excluding hydrogens is 334 g/mol. The summed E-state index contributed by atoms with van der Waals surface area (Å²) in [6.07, 6.45) is 0.851. The summed E-state index contributed by atoms with van der Waals surface area (Å²) < 4.78 is 6.04. The number of hydrogen-bond donors (Lipinski definition) is 1. The molecule has 110 valence electrons. The molecule has 1 aromatic heterocycles. The Hall–Kier alpha value is -1.88. The second kappa shape index (κ2) is 7.22. The van der Waals surface area contributed by atoms with Crippen LogP contribution in [-0.2, 0) is 17.6 Å². The number of hydrogen-bond acceptors (Lipinski definition) is 3. The van der Waals surface area contributed by atoms with Crippen LogP contribution in [0.5, 0.6) is 5.88 Å². The summed E-state index contributed by atoms with van der Waals surface area (Å²) >= 11 is 3.37. The molecule has 21 heavy (non-hydrogen) atoms. The normalized spacial score (nSPS) is 11.9. The lowest BCUT2D eigenvalue weighted by Gasteiger charge is -2.12. The second-order valence-corrected chi connectivity index (χ2v) is 5.66. The van der Waals surface area contributed by atoms with Crippen molar-refractivity contribution in [1.29, 1.82) is 0 Å². The number of aliphatic carboxylic acids is 1. The van der Waals surface area contributed by atoms with E-state index in [9.17, 15) is 9.90 Å². The SMILES string of the molecule is COc1cccc(CC(Cc2ccc(Br)cc2)C(=O)O)n1. The van der Waals surface area contributed by atoms with E-state index in [1.807, 2.05) is 36.4 Å². The third-order valence-corrected chi connectivity index (χ3v) is 3.72. The average molecular weight is 350 g/mol. The fourth-order valence-corrected chi connectivity index (χ4v) is 2.35. The van der Waals surface area contributed by atoms with E-state index >= 15 is 0 Å². The Morgan fingerprint density at radius 2 is 1.95 bits per heavy atom. The van der Waals surface area contributed by atoms with E-state index in [2.05, 4.69) is 20.9 Å². The van der Waals surface area contributed by atoms with Crippen molar-refractivity contribution >= 4 is 21.9 Å². The zero-order chi connectivity index (χ0) is 15.2. The Bertz CT molecular complexity index is 613. The second-order valence-electron chi connectivity index (χ2n) is 4.74. The highest BCUT2D eigenvalue weighted by molar-refractivity contribution is 9.10. The van der Waals surface area contributed by atoms with Crippen molar-refractivity contribution in [2.24, 2.45) is 5.92 Å². The van der Waals surface area contributed by atoms with Crippen molar-refractivity contribution < 1.29 is 14.6 Å². The summed E-state index contributed by atoms with van der Waals surface area (Å²) in [5.74, 6) is -0.825. The number of carbonyl (C=O) groups is 1. The van der Waals surface area contributed by atoms with Crippen LogP contribution in [0.2, 0.25) is 0 Å². The van der Waals surface area contributed by atoms with Crippen LogP contribution in [0.3, 0.4) is 0 Å². The van der Waals surface area contributed by atoms with Gasteiger partial charge in [0.15, 0.2) is 0 Å². The smallest absolute Gasteiger partial charge is 0.307 e. The van der Waals surface area contributed by atoms with Crippen LogP contribution in [0.1, 0.15) is 11.3 Å². The van der Waals surface area contributed by atoms with E-state index in [-0.39, 0.29) is 0 Å². The molecule has 0 aliphatic heterocycles. The summed E-state index contributed by atoms with van der Waals surface area (Å²) in [5, 5.41) is 9.41. The maximum Gasteiger partial charge on any atom is 0.307 e. The quantitative estimate of drug-likeness (QED) is 0.868. The predicted octanol–water partition coefficient (Wildman–Crippen LogP) is 3.34. The van der Waals surface area contributed by atoms with Gasteiger partial charge in [-0.3, -0.25) is 4.79 Å². The first-order valence-electron chi connectivity index (χ1n) is 6.55. The standard InChI is InChI=1S/C16H16BrNO3/c1-21-15-4-2-3-14(18-15)10-12(16(19)20)9-11-5-7-13(17)8-6-11/h2-8,12H,9-10H2,1H3,(H,19,20). The monoisotopic (exact) mass is 349 g/mol. The maximum absolute atomic E-state index is 11.5. The molecule has 0 saturated carbocycles. The summed E-state index contributed by atoms with van der Waals surface area (Å²) in [6.45, 7) is 0. The Kier molecular flexibility index (Phi) is 5.33. The number of ether oxygens (including phenoxy) is 1. The number of aromatic nitrogens is 1. The fourth-order valence-electron chi connectivity index (χ4n) is 2.09. The van der Waals surface area contributed by atoms with E-state index in [0.29, 0.717) is 18.7 Å². The molecule has 0 amide bonds. The molecule has 4 nitrogen and oxygen atoms in total. The third kappa shape index (κ3) is 4.56. The van der Waals surface area contributed by atoms with Gasteiger partial charge in [-0.05, 0) is 30.2 Å². The van der Waals surface area contributed by atoms with Gasteiger partial charge in [0.25, 0.3) is 0 Å². The minimum absolute atomic E-state index is 0.378. The molecule has 0 aliphatic carbocycles. The molecule has 2 aromatic rings. The maximum atomic E-state index is 11.5. The molecule has 0 radical (unpaired) electrons. The lowest BCUT2D eigenvalue weighted by atomic mass is 9.94. The van der Waals surface area contributed by atoms with Crippen molar-refractivity contribution in [1.82, 2.24) is 4.98 Å². The molecule has 1 atom stereocenters. The van der Waals surface area contributed by atoms with Crippen LogP contribution < -0.4 is 4.74 Å². The zero-order valence-corrected chi connectivity index (χ0v) is 13.2. The lowest BCUT2D eigenvalue weighted by Crippen LogP contribution is -2.19. The number of rotatable bonds is 6. The highest BCUT2D eigenvalue weighted by Gasteiger charge is 2.19. The van der Waals surface area contributed by atoms with Crippen molar-refractivity contribution in [2.75, 3.05) is 7.11 Å². The van der Waals surface area contributed by atoms with Gasteiger partial charge in [0.2, 0.25) is 5.88 Å². The number of benzene rings is 1. The molecule has 2 rings (SSSR count). The topological polar surface area (TPSA) is 59.4 Å². The number of pyridine rings is 1. The fraction of sp³-hybridized carbons (Fsp3) is 0.250. The van der Waals surface area contributed by atoms with Gasteiger partial charge in [0, 0.05) is 22.7 Å². The van der Waals surface area contributed by atoms with Crippen LogP contribution in [-0.4, -0.2) is 23.2 Å². The van der Waals surface area contributed by atoms with Crippen molar-refractivity contribution in [3.05, 3.63) is 58.2 Å². The van der Waals surface area contributed by atoms with Gasteiger partial charge < -0.3 is 9.84 Å². The Balaban J connectivity index is 2.11. The van der Waals surface area contributed by atoms with E-state index in [1.165, 1.54) is 0 Å². The van der Waals surface area contributed by atoms with Gasteiger partial charge in [-0.1, -0.05) is 34.1 Å². The van der Waals surface area contributed by atoms with Gasteiger partial charge in [-0.25, -0.2) is 4.98 Å². The van der Waals surface area contributed by atoms with Crippen LogP contribution >= 0.6 is 15.9 Å². The third-order valence-electron chi connectivity index (χ3n) is 3.19. The largest absolute Gasteiger partial charge is 0.481 e. The molecule has 1 heterocycles. The molecule has 0 saturated heterocycles. The van der Waals surface area contributed by atoms with Gasteiger partial charge >= 0.3 is 5.97 Å². The molecule has 0 aliphatic rings. The molecule has 0 fully saturated rings. The molecule has 0 bridgehead atoms. The van der Waals surface area contributed by atoms with E-state index < -0.39 is 11.9 Å². The average Bonchev–Trinajstić information content (AvgIpc) is 2.49. The van der Waals surface area contributed by atoms with Gasteiger partial charge in [0.05, 0.1) is 13.0 Å². The minimum atomic E-state index is -0.817. The van der Waals surface area contributed by atoms with Crippen molar-refractivity contribution in [2.45, 2.75) is 12.8 Å². The number of carboxylic acid groups (broad SMARTS) is 1. The molecule has 1 N–H and O–H groups in total. The number of nitrogens with zero attached hydrogens (tertiary/aromatic N) is 1. The van der Waals surface area contributed by atoms with Crippen LogP contribution in [0.25, 0.3) is 0 Å². The van der Waals surface area contributed by atoms with Crippen LogP contribution in [0, 0.1) is 5.92 Å². The first-order chi connectivity index (χ1) is 10.1. The Labute approximate surface area is 131 Å². The summed E-state index contributed by atoms with van der Waals surface area (Å²) in [5.41, 5.74) is 1.72.